The molecule has 0 bridgehead atoms. The summed E-state index contributed by atoms with van der Waals surface area (Å²) in [7, 11) is 4.36. The number of imidazole rings is 1. The minimum Gasteiger partial charge on any atom is -0.378 e. The maximum absolute atomic E-state index is 5.60. The number of morpholine rings is 1. The zero-order chi connectivity index (χ0) is 23.1. The molecule has 2 saturated heterocycles. The van der Waals surface area contributed by atoms with Gasteiger partial charge >= 0.3 is 0 Å². The molecule has 2 fully saturated rings. The predicted octanol–water partition coefficient (Wildman–Crippen LogP) is 2.86. The zero-order valence-electron chi connectivity index (χ0n) is 19.9. The molecule has 34 heavy (non-hydrogen) atoms. The molecule has 3 aromatic heterocycles. The lowest BCUT2D eigenvalue weighted by Gasteiger charge is -2.34. The van der Waals surface area contributed by atoms with Crippen LogP contribution in [-0.4, -0.2) is 94.2 Å². The van der Waals surface area contributed by atoms with Gasteiger partial charge in [-0.3, -0.25) is 4.90 Å². The summed E-state index contributed by atoms with van der Waals surface area (Å²) in [6.45, 7) is 6.01. The maximum Gasteiger partial charge on any atom is 0.183 e. The number of ether oxygens (including phenoxy) is 1. The molecule has 2 N–H and O–H groups in total. The van der Waals surface area contributed by atoms with E-state index in [1.165, 1.54) is 12.8 Å². The van der Waals surface area contributed by atoms with Gasteiger partial charge in [0.2, 0.25) is 0 Å². The van der Waals surface area contributed by atoms with Crippen LogP contribution in [0.4, 0.5) is 5.82 Å². The van der Waals surface area contributed by atoms with Crippen molar-refractivity contribution in [3.05, 3.63) is 36.3 Å². The fourth-order valence-corrected chi connectivity index (χ4v) is 5.22. The molecule has 178 valence electrons. The van der Waals surface area contributed by atoms with Crippen molar-refractivity contribution in [2.45, 2.75) is 25.4 Å². The third kappa shape index (κ3) is 4.04. The van der Waals surface area contributed by atoms with Crippen LogP contribution in [0.25, 0.3) is 33.5 Å². The van der Waals surface area contributed by atoms with Gasteiger partial charge in [-0.05, 0) is 39.1 Å². The van der Waals surface area contributed by atoms with E-state index in [0.29, 0.717) is 25.1 Å². The molecule has 6 rings (SSSR count). The molecule has 0 atom stereocenters. The van der Waals surface area contributed by atoms with Crippen molar-refractivity contribution in [2.24, 2.45) is 0 Å². The van der Waals surface area contributed by atoms with Gasteiger partial charge in [-0.15, -0.1) is 0 Å². The Morgan fingerprint density at radius 2 is 1.85 bits per heavy atom. The quantitative estimate of drug-likeness (QED) is 0.473. The molecule has 4 aromatic rings. The van der Waals surface area contributed by atoms with E-state index in [2.05, 4.69) is 57.0 Å². The summed E-state index contributed by atoms with van der Waals surface area (Å²) >= 11 is 0. The SMILES string of the molecule is CN(C)C1CCN(Cc2nc3nc(-c4cccc5[nH]ccc45)nc(N4CCOCC4)c3[nH]2)CC1. The van der Waals surface area contributed by atoms with Gasteiger partial charge < -0.3 is 24.5 Å². The van der Waals surface area contributed by atoms with Crippen LogP contribution in [0.3, 0.4) is 0 Å². The van der Waals surface area contributed by atoms with E-state index in [0.717, 1.165) is 72.0 Å². The molecule has 2 aliphatic heterocycles. The Morgan fingerprint density at radius 1 is 1.03 bits per heavy atom. The Kier molecular flexibility index (Phi) is 5.68. The van der Waals surface area contributed by atoms with Gasteiger partial charge in [0.25, 0.3) is 0 Å². The molecule has 0 amide bonds. The first kappa shape index (κ1) is 21.5. The summed E-state index contributed by atoms with van der Waals surface area (Å²) in [5.41, 5.74) is 3.76. The highest BCUT2D eigenvalue weighted by atomic mass is 16.5. The third-order valence-electron chi connectivity index (χ3n) is 7.19. The number of nitrogens with one attached hydrogen (secondary N) is 2. The highest BCUT2D eigenvalue weighted by molar-refractivity contribution is 5.95. The lowest BCUT2D eigenvalue weighted by atomic mass is 10.0. The monoisotopic (exact) mass is 460 g/mol. The number of likely N-dealkylation sites (tertiary alicyclic amines) is 1. The number of rotatable bonds is 5. The maximum atomic E-state index is 5.60. The Labute approximate surface area is 199 Å². The smallest absolute Gasteiger partial charge is 0.183 e. The summed E-state index contributed by atoms with van der Waals surface area (Å²) in [6, 6.07) is 8.96. The molecule has 9 nitrogen and oxygen atoms in total. The van der Waals surface area contributed by atoms with Crippen molar-refractivity contribution in [2.75, 3.05) is 58.4 Å². The molecule has 9 heteroatoms. The first-order valence-corrected chi connectivity index (χ1v) is 12.2. The average molecular weight is 461 g/mol. The Bertz CT molecular complexity index is 1280. The van der Waals surface area contributed by atoms with Crippen LogP contribution < -0.4 is 4.90 Å². The number of aromatic nitrogens is 5. The molecular formula is C25H32N8O. The standard InChI is InChI=1S/C25H32N8O/c1-31(2)17-7-10-32(11-8-17)16-21-27-22-24(28-21)29-23(30-25(22)33-12-14-34-15-13-33)19-4-3-5-20-18(19)6-9-26-20/h3-6,9,17,26H,7-8,10-16H2,1-2H3,(H,27,28,29,30). The first-order chi connectivity index (χ1) is 16.7. The van der Waals surface area contributed by atoms with Crippen LogP contribution in [0.2, 0.25) is 0 Å². The molecule has 0 unspecified atom stereocenters. The molecule has 0 radical (unpaired) electrons. The molecule has 5 heterocycles. The fraction of sp³-hybridized carbons (Fsp3) is 0.480. The number of piperidine rings is 1. The van der Waals surface area contributed by atoms with Gasteiger partial charge in [-0.2, -0.15) is 0 Å². The van der Waals surface area contributed by atoms with Crippen molar-refractivity contribution in [1.82, 2.24) is 34.7 Å². The summed E-state index contributed by atoms with van der Waals surface area (Å²) in [5.74, 6) is 2.59. The second-order valence-corrected chi connectivity index (χ2v) is 9.57. The number of hydrogen-bond donors (Lipinski definition) is 2. The highest BCUT2D eigenvalue weighted by Crippen LogP contribution is 2.31. The van der Waals surface area contributed by atoms with Gasteiger partial charge in [0.05, 0.1) is 19.8 Å². The van der Waals surface area contributed by atoms with Crippen molar-refractivity contribution in [1.29, 1.82) is 0 Å². The van der Waals surface area contributed by atoms with Crippen LogP contribution in [0, 0.1) is 0 Å². The largest absolute Gasteiger partial charge is 0.378 e. The predicted molar refractivity (Wildman–Crippen MR) is 134 cm³/mol. The summed E-state index contributed by atoms with van der Waals surface area (Å²) < 4.78 is 5.60. The number of H-pyrrole nitrogens is 2. The molecule has 0 saturated carbocycles. The fourth-order valence-electron chi connectivity index (χ4n) is 5.22. The summed E-state index contributed by atoms with van der Waals surface area (Å²) in [6.07, 6.45) is 4.34. The topological polar surface area (TPSA) is 89.2 Å². The number of aromatic amines is 2. The van der Waals surface area contributed by atoms with Crippen molar-refractivity contribution >= 4 is 27.9 Å². The van der Waals surface area contributed by atoms with Crippen LogP contribution in [0.5, 0.6) is 0 Å². The molecular weight excluding hydrogens is 428 g/mol. The lowest BCUT2D eigenvalue weighted by molar-refractivity contribution is 0.122. The number of hydrogen-bond acceptors (Lipinski definition) is 7. The van der Waals surface area contributed by atoms with Gasteiger partial charge in [0.15, 0.2) is 17.3 Å². The van der Waals surface area contributed by atoms with Gasteiger partial charge in [0.1, 0.15) is 11.3 Å². The Morgan fingerprint density at radius 3 is 2.65 bits per heavy atom. The van der Waals surface area contributed by atoms with E-state index >= 15 is 0 Å². The van der Waals surface area contributed by atoms with Gasteiger partial charge in [-0.25, -0.2) is 15.0 Å². The Hall–Kier alpha value is -3.01. The zero-order valence-corrected chi connectivity index (χ0v) is 19.9. The second kappa shape index (κ2) is 8.98. The number of benzene rings is 1. The van der Waals surface area contributed by atoms with Crippen LogP contribution in [0.15, 0.2) is 30.5 Å². The Balaban J connectivity index is 1.37. The summed E-state index contributed by atoms with van der Waals surface area (Å²) in [5, 5.41) is 1.12. The molecule has 1 aromatic carbocycles. The number of nitrogens with zero attached hydrogens (tertiary/aromatic N) is 6. The number of fused-ring (bicyclic) bond motifs is 2. The van der Waals surface area contributed by atoms with Crippen molar-refractivity contribution in [3.8, 4) is 11.4 Å². The van der Waals surface area contributed by atoms with Crippen molar-refractivity contribution in [3.63, 3.8) is 0 Å². The first-order valence-electron chi connectivity index (χ1n) is 12.2. The van der Waals surface area contributed by atoms with Crippen LogP contribution in [-0.2, 0) is 11.3 Å². The minimum absolute atomic E-state index is 0.671. The third-order valence-corrected chi connectivity index (χ3v) is 7.19. The van der Waals surface area contributed by atoms with E-state index in [9.17, 15) is 0 Å². The van der Waals surface area contributed by atoms with Crippen molar-refractivity contribution < 1.29 is 4.74 Å². The van der Waals surface area contributed by atoms with E-state index in [1.54, 1.807) is 0 Å². The van der Waals surface area contributed by atoms with Gasteiger partial charge in [0, 0.05) is 54.9 Å². The number of anilines is 1. The van der Waals surface area contributed by atoms with E-state index in [-0.39, 0.29) is 0 Å². The molecule has 2 aliphatic rings. The highest BCUT2D eigenvalue weighted by Gasteiger charge is 2.24. The molecule has 0 aliphatic carbocycles. The normalized spacial score (nSPS) is 18.5. The minimum atomic E-state index is 0.671. The summed E-state index contributed by atoms with van der Waals surface area (Å²) in [4.78, 5) is 28.9. The van der Waals surface area contributed by atoms with E-state index in [1.807, 2.05) is 12.3 Å². The van der Waals surface area contributed by atoms with Gasteiger partial charge in [-0.1, -0.05) is 12.1 Å². The molecule has 0 spiro atoms. The average Bonchev–Trinajstić information content (AvgIpc) is 3.50. The van der Waals surface area contributed by atoms with Crippen LogP contribution >= 0.6 is 0 Å². The lowest BCUT2D eigenvalue weighted by Crippen LogP contribution is -2.41. The van der Waals surface area contributed by atoms with E-state index in [4.69, 9.17) is 19.7 Å². The second-order valence-electron chi connectivity index (χ2n) is 9.57. The van der Waals surface area contributed by atoms with Crippen LogP contribution in [0.1, 0.15) is 18.7 Å². The van der Waals surface area contributed by atoms with E-state index < -0.39 is 0 Å².